The van der Waals surface area contributed by atoms with Gasteiger partial charge in [-0.15, -0.1) is 0 Å². The number of hydrogen-bond acceptors (Lipinski definition) is 5. The summed E-state index contributed by atoms with van der Waals surface area (Å²) >= 11 is 11.8. The van der Waals surface area contributed by atoms with Crippen LogP contribution in [0.1, 0.15) is 23.0 Å². The zero-order valence-corrected chi connectivity index (χ0v) is 17.3. The maximum Gasteiger partial charge on any atom is 0.291 e. The highest BCUT2D eigenvalue weighted by molar-refractivity contribution is 6.35. The SMILES string of the molecule is CC(=NNC(=O)COc1ccc(Cl)cc1Cl)c1cccc(NC(=O)c2ccco2)c1. The van der Waals surface area contributed by atoms with E-state index in [0.29, 0.717) is 32.8 Å². The highest BCUT2D eigenvalue weighted by Crippen LogP contribution is 2.27. The Morgan fingerprint density at radius 2 is 1.93 bits per heavy atom. The first kappa shape index (κ1) is 21.4. The van der Waals surface area contributed by atoms with Crippen LogP contribution in [0.2, 0.25) is 10.0 Å². The smallest absolute Gasteiger partial charge is 0.291 e. The van der Waals surface area contributed by atoms with Gasteiger partial charge in [0, 0.05) is 10.7 Å². The summed E-state index contributed by atoms with van der Waals surface area (Å²) in [6.45, 7) is 1.46. The summed E-state index contributed by atoms with van der Waals surface area (Å²) in [4.78, 5) is 24.1. The molecule has 0 fully saturated rings. The Labute approximate surface area is 182 Å². The fourth-order valence-electron chi connectivity index (χ4n) is 2.40. The van der Waals surface area contributed by atoms with Crippen molar-refractivity contribution in [2.45, 2.75) is 6.92 Å². The van der Waals surface area contributed by atoms with Crippen LogP contribution >= 0.6 is 23.2 Å². The first-order chi connectivity index (χ1) is 14.4. The Bertz CT molecular complexity index is 1080. The molecule has 2 N–H and O–H groups in total. The first-order valence-corrected chi connectivity index (χ1v) is 9.54. The molecule has 0 aliphatic carbocycles. The summed E-state index contributed by atoms with van der Waals surface area (Å²) in [5.74, 6) is -0.267. The standard InChI is InChI=1S/C21H17Cl2N3O4/c1-13(25-26-20(27)12-30-18-8-7-15(22)11-17(18)23)14-4-2-5-16(10-14)24-21(28)19-6-3-9-29-19/h2-11H,12H2,1H3,(H,24,28)(H,26,27). The zero-order chi connectivity index (χ0) is 21.5. The molecule has 0 aliphatic rings. The fraction of sp³-hybridized carbons (Fsp3) is 0.0952. The number of nitrogens with zero attached hydrogens (tertiary/aromatic N) is 1. The van der Waals surface area contributed by atoms with Gasteiger partial charge in [-0.2, -0.15) is 5.10 Å². The van der Waals surface area contributed by atoms with E-state index in [0.717, 1.165) is 0 Å². The fourth-order valence-corrected chi connectivity index (χ4v) is 2.86. The molecule has 9 heteroatoms. The lowest BCUT2D eigenvalue weighted by atomic mass is 10.1. The first-order valence-electron chi connectivity index (χ1n) is 8.78. The molecule has 0 bridgehead atoms. The number of anilines is 1. The van der Waals surface area contributed by atoms with Gasteiger partial charge in [0.15, 0.2) is 12.4 Å². The minimum absolute atomic E-state index is 0.207. The summed E-state index contributed by atoms with van der Waals surface area (Å²) in [6.07, 6.45) is 1.43. The number of nitrogens with one attached hydrogen (secondary N) is 2. The molecule has 3 rings (SSSR count). The number of rotatable bonds is 7. The van der Waals surface area contributed by atoms with E-state index >= 15 is 0 Å². The molecular weight excluding hydrogens is 429 g/mol. The number of halogens is 2. The summed E-state index contributed by atoms with van der Waals surface area (Å²) in [7, 11) is 0. The molecule has 0 saturated heterocycles. The van der Waals surface area contributed by atoms with Crippen molar-refractivity contribution in [1.82, 2.24) is 5.43 Å². The monoisotopic (exact) mass is 445 g/mol. The van der Waals surface area contributed by atoms with Gasteiger partial charge in [0.25, 0.3) is 11.8 Å². The van der Waals surface area contributed by atoms with Crippen LogP contribution < -0.4 is 15.5 Å². The zero-order valence-electron chi connectivity index (χ0n) is 15.8. The van der Waals surface area contributed by atoms with Crippen molar-refractivity contribution < 1.29 is 18.7 Å². The van der Waals surface area contributed by atoms with Crippen molar-refractivity contribution in [3.63, 3.8) is 0 Å². The lowest BCUT2D eigenvalue weighted by molar-refractivity contribution is -0.123. The summed E-state index contributed by atoms with van der Waals surface area (Å²) in [5, 5.41) is 7.58. The van der Waals surface area contributed by atoms with Crippen LogP contribution in [0.4, 0.5) is 5.69 Å². The molecule has 2 aromatic carbocycles. The van der Waals surface area contributed by atoms with E-state index in [4.69, 9.17) is 32.4 Å². The van der Waals surface area contributed by atoms with Gasteiger partial charge in [-0.3, -0.25) is 9.59 Å². The minimum Gasteiger partial charge on any atom is -0.482 e. The maximum absolute atomic E-state index is 12.1. The number of carbonyl (C=O) groups is 2. The van der Waals surface area contributed by atoms with Crippen LogP contribution in [-0.4, -0.2) is 24.1 Å². The van der Waals surface area contributed by atoms with Gasteiger partial charge < -0.3 is 14.5 Å². The van der Waals surface area contributed by atoms with E-state index in [9.17, 15) is 9.59 Å². The Morgan fingerprint density at radius 1 is 1.10 bits per heavy atom. The van der Waals surface area contributed by atoms with Gasteiger partial charge in [0.05, 0.1) is 17.0 Å². The van der Waals surface area contributed by atoms with E-state index < -0.39 is 5.91 Å². The predicted molar refractivity (Wildman–Crippen MR) is 115 cm³/mol. The van der Waals surface area contributed by atoms with Gasteiger partial charge in [-0.1, -0.05) is 35.3 Å². The summed E-state index contributed by atoms with van der Waals surface area (Å²) < 4.78 is 10.4. The van der Waals surface area contributed by atoms with Gasteiger partial charge in [-0.25, -0.2) is 5.43 Å². The van der Waals surface area contributed by atoms with Crippen molar-refractivity contribution in [2.24, 2.45) is 5.10 Å². The van der Waals surface area contributed by atoms with E-state index in [2.05, 4.69) is 15.8 Å². The molecule has 1 aromatic heterocycles. The average molecular weight is 446 g/mol. The van der Waals surface area contributed by atoms with E-state index in [1.165, 1.54) is 12.3 Å². The lowest BCUT2D eigenvalue weighted by Crippen LogP contribution is -2.25. The number of furan rings is 1. The van der Waals surface area contributed by atoms with Crippen molar-refractivity contribution in [3.05, 3.63) is 82.2 Å². The van der Waals surface area contributed by atoms with Crippen LogP contribution in [0.5, 0.6) is 5.75 Å². The summed E-state index contributed by atoms with van der Waals surface area (Å²) in [5.41, 5.74) is 4.24. The molecule has 0 radical (unpaired) electrons. The third-order valence-electron chi connectivity index (χ3n) is 3.88. The Balaban J connectivity index is 1.57. The highest BCUT2D eigenvalue weighted by atomic mass is 35.5. The van der Waals surface area contributed by atoms with Gasteiger partial charge >= 0.3 is 0 Å². The molecule has 7 nitrogen and oxygen atoms in total. The van der Waals surface area contributed by atoms with Gasteiger partial charge in [-0.05, 0) is 55.0 Å². The summed E-state index contributed by atoms with van der Waals surface area (Å²) in [6, 6.07) is 15.0. The molecule has 0 aliphatic heterocycles. The molecule has 0 unspecified atom stereocenters. The molecule has 2 amide bonds. The largest absolute Gasteiger partial charge is 0.482 e. The Hall–Kier alpha value is -3.29. The molecule has 3 aromatic rings. The van der Waals surface area contributed by atoms with Crippen LogP contribution in [0.3, 0.4) is 0 Å². The van der Waals surface area contributed by atoms with Gasteiger partial charge in [0.2, 0.25) is 0 Å². The number of hydrazone groups is 1. The highest BCUT2D eigenvalue weighted by Gasteiger charge is 2.10. The number of hydrogen-bond donors (Lipinski definition) is 2. The van der Waals surface area contributed by atoms with Crippen molar-refractivity contribution >= 4 is 46.4 Å². The topological polar surface area (TPSA) is 92.9 Å². The molecule has 0 saturated carbocycles. The third-order valence-corrected chi connectivity index (χ3v) is 4.41. The quantitative estimate of drug-likeness (QED) is 0.405. The Kier molecular flexibility index (Phi) is 7.11. The van der Waals surface area contributed by atoms with Crippen LogP contribution in [0, 0.1) is 0 Å². The molecule has 0 atom stereocenters. The van der Waals surface area contributed by atoms with Crippen LogP contribution in [0.25, 0.3) is 0 Å². The van der Waals surface area contributed by atoms with E-state index in [-0.39, 0.29) is 18.3 Å². The van der Waals surface area contributed by atoms with E-state index in [1.54, 1.807) is 55.5 Å². The number of carbonyl (C=O) groups excluding carboxylic acids is 2. The Morgan fingerprint density at radius 3 is 2.67 bits per heavy atom. The van der Waals surface area contributed by atoms with Crippen molar-refractivity contribution in [3.8, 4) is 5.75 Å². The molecule has 154 valence electrons. The average Bonchev–Trinajstić information content (AvgIpc) is 3.26. The third kappa shape index (κ3) is 5.85. The number of ether oxygens (including phenoxy) is 1. The molecular formula is C21H17Cl2N3O4. The van der Waals surface area contributed by atoms with Crippen LogP contribution in [0.15, 0.2) is 70.4 Å². The lowest BCUT2D eigenvalue weighted by Gasteiger charge is -2.08. The molecule has 30 heavy (non-hydrogen) atoms. The van der Waals surface area contributed by atoms with Gasteiger partial charge in [0.1, 0.15) is 5.75 Å². The number of benzene rings is 2. The maximum atomic E-state index is 12.1. The van der Waals surface area contributed by atoms with Crippen molar-refractivity contribution in [1.29, 1.82) is 0 Å². The number of amides is 2. The van der Waals surface area contributed by atoms with Crippen molar-refractivity contribution in [2.75, 3.05) is 11.9 Å². The second-order valence-corrected chi connectivity index (χ2v) is 6.95. The predicted octanol–water partition coefficient (Wildman–Crippen LogP) is 4.76. The normalized spacial score (nSPS) is 11.1. The minimum atomic E-state index is -0.456. The van der Waals surface area contributed by atoms with E-state index in [1.807, 2.05) is 0 Å². The molecule has 1 heterocycles. The molecule has 0 spiro atoms. The van der Waals surface area contributed by atoms with Crippen LogP contribution in [-0.2, 0) is 4.79 Å². The second-order valence-electron chi connectivity index (χ2n) is 6.11. The second kappa shape index (κ2) is 9.96.